The molecule has 0 aliphatic rings. The summed E-state index contributed by atoms with van der Waals surface area (Å²) in [7, 11) is 0. The molecule has 0 radical (unpaired) electrons. The Morgan fingerprint density at radius 3 is 1.82 bits per heavy atom. The van der Waals surface area contributed by atoms with Gasteiger partial charge < -0.3 is 13.9 Å². The molecule has 0 amide bonds. The van der Waals surface area contributed by atoms with Crippen molar-refractivity contribution >= 4 is 60.8 Å². The molecule has 0 aliphatic heterocycles. The molecule has 0 spiro atoms. The van der Waals surface area contributed by atoms with E-state index in [1.54, 1.807) is 0 Å². The van der Waals surface area contributed by atoms with Gasteiger partial charge in [0.15, 0.2) is 0 Å². The van der Waals surface area contributed by atoms with Crippen molar-refractivity contribution in [3.63, 3.8) is 0 Å². The molecule has 240 valence electrons. The Morgan fingerprint density at radius 2 is 0.980 bits per heavy atom. The maximum atomic E-state index is 6.23. The fraction of sp³-hybridized carbons (Fsp3) is 0. The van der Waals surface area contributed by atoms with Crippen molar-refractivity contribution in [2.75, 3.05) is 4.90 Å². The summed E-state index contributed by atoms with van der Waals surface area (Å²) in [6, 6.07) is 69.2. The minimum atomic E-state index is 0.883. The average Bonchev–Trinajstić information content (AvgIpc) is 3.75. The molecular weight excluding hydrogens is 621 g/mol. The minimum Gasteiger partial charge on any atom is -0.456 e. The Balaban J connectivity index is 1.18. The zero-order chi connectivity index (χ0) is 33.7. The lowest BCUT2D eigenvalue weighted by Gasteiger charge is -2.26. The van der Waals surface area contributed by atoms with Crippen LogP contribution in [0.5, 0.6) is 0 Å². The summed E-state index contributed by atoms with van der Waals surface area (Å²) in [6.45, 7) is 0. The molecule has 51 heavy (non-hydrogen) atoms. The minimum absolute atomic E-state index is 0.883. The van der Waals surface area contributed by atoms with Gasteiger partial charge in [-0.2, -0.15) is 0 Å². The Labute approximate surface area is 295 Å². The van der Waals surface area contributed by atoms with Gasteiger partial charge in [0.25, 0.3) is 0 Å². The van der Waals surface area contributed by atoms with Gasteiger partial charge in [-0.3, -0.25) is 0 Å². The number of hydrogen-bond acceptors (Lipinski definition) is 2. The standard InChI is InChI=1S/C48H32N2O/c1-3-13-33(14-4-1)34-25-27-37(28-26-34)49(39-29-30-47-44(32-39)42-20-8-10-24-46(42)51-47)38-18-11-15-35(31-38)40-21-12-22-43-41-19-7-9-23-45(41)50(48(40)43)36-16-5-2-6-17-36/h1-32H. The summed E-state index contributed by atoms with van der Waals surface area (Å²) in [6.07, 6.45) is 0. The van der Waals surface area contributed by atoms with E-state index in [1.807, 2.05) is 12.1 Å². The fourth-order valence-electron chi connectivity index (χ4n) is 7.64. The predicted molar refractivity (Wildman–Crippen MR) is 214 cm³/mol. The van der Waals surface area contributed by atoms with Crippen LogP contribution in [0.3, 0.4) is 0 Å². The molecule has 8 aromatic carbocycles. The van der Waals surface area contributed by atoms with E-state index in [9.17, 15) is 0 Å². The van der Waals surface area contributed by atoms with E-state index in [1.165, 1.54) is 38.5 Å². The lowest BCUT2D eigenvalue weighted by molar-refractivity contribution is 0.669. The number of rotatable bonds is 6. The van der Waals surface area contributed by atoms with Crippen molar-refractivity contribution in [3.8, 4) is 27.9 Å². The first-order valence-electron chi connectivity index (χ1n) is 17.4. The van der Waals surface area contributed by atoms with Crippen LogP contribution < -0.4 is 4.90 Å². The first-order chi connectivity index (χ1) is 25.3. The van der Waals surface area contributed by atoms with Crippen LogP contribution in [-0.2, 0) is 0 Å². The second kappa shape index (κ2) is 11.9. The first kappa shape index (κ1) is 29.1. The fourth-order valence-corrected chi connectivity index (χ4v) is 7.64. The van der Waals surface area contributed by atoms with Gasteiger partial charge in [-0.25, -0.2) is 0 Å². The Hall–Kier alpha value is -6.84. The predicted octanol–water partition coefficient (Wildman–Crippen LogP) is 13.5. The normalized spacial score (nSPS) is 11.5. The molecule has 3 heteroatoms. The molecule has 0 aliphatic carbocycles. The zero-order valence-corrected chi connectivity index (χ0v) is 27.8. The van der Waals surface area contributed by atoms with Crippen LogP contribution in [0.4, 0.5) is 17.1 Å². The number of anilines is 3. The van der Waals surface area contributed by atoms with Crippen LogP contribution in [0, 0.1) is 0 Å². The molecule has 3 nitrogen and oxygen atoms in total. The van der Waals surface area contributed by atoms with Gasteiger partial charge in [-0.05, 0) is 83.4 Å². The largest absolute Gasteiger partial charge is 0.456 e. The highest BCUT2D eigenvalue weighted by Gasteiger charge is 2.19. The molecule has 2 aromatic heterocycles. The highest BCUT2D eigenvalue weighted by Crippen LogP contribution is 2.42. The SMILES string of the molecule is c1ccc(-c2ccc(N(c3cccc(-c4cccc5c6ccccc6n(-c6ccccc6)c45)c3)c3ccc4oc5ccccc5c4c3)cc2)cc1. The molecule has 2 heterocycles. The van der Waals surface area contributed by atoms with Crippen LogP contribution in [-0.4, -0.2) is 4.57 Å². The quantitative estimate of drug-likeness (QED) is 0.178. The van der Waals surface area contributed by atoms with E-state index in [-0.39, 0.29) is 0 Å². The molecule has 0 N–H and O–H groups in total. The van der Waals surface area contributed by atoms with Crippen molar-refractivity contribution in [2.45, 2.75) is 0 Å². The number of fused-ring (bicyclic) bond motifs is 6. The Morgan fingerprint density at radius 1 is 0.373 bits per heavy atom. The highest BCUT2D eigenvalue weighted by atomic mass is 16.3. The summed E-state index contributed by atoms with van der Waals surface area (Å²) >= 11 is 0. The highest BCUT2D eigenvalue weighted by molar-refractivity contribution is 6.14. The van der Waals surface area contributed by atoms with Crippen LogP contribution in [0.2, 0.25) is 0 Å². The van der Waals surface area contributed by atoms with Crippen molar-refractivity contribution in [3.05, 3.63) is 194 Å². The van der Waals surface area contributed by atoms with E-state index in [0.29, 0.717) is 0 Å². The molecule has 0 saturated heterocycles. The van der Waals surface area contributed by atoms with Crippen LogP contribution in [0.1, 0.15) is 0 Å². The monoisotopic (exact) mass is 652 g/mol. The van der Waals surface area contributed by atoms with Gasteiger partial charge in [0.05, 0.1) is 11.0 Å². The van der Waals surface area contributed by atoms with Crippen LogP contribution in [0.25, 0.3) is 71.7 Å². The lowest BCUT2D eigenvalue weighted by atomic mass is 10.0. The van der Waals surface area contributed by atoms with Crippen LogP contribution >= 0.6 is 0 Å². The first-order valence-corrected chi connectivity index (χ1v) is 17.4. The Kier molecular flexibility index (Phi) is 6.81. The third-order valence-corrected chi connectivity index (χ3v) is 9.98. The molecular formula is C48H32N2O. The van der Waals surface area contributed by atoms with E-state index in [2.05, 4.69) is 191 Å². The molecule has 0 unspecified atom stereocenters. The summed E-state index contributed by atoms with van der Waals surface area (Å²) < 4.78 is 8.64. The average molecular weight is 653 g/mol. The van der Waals surface area contributed by atoms with Gasteiger partial charge >= 0.3 is 0 Å². The number of aromatic nitrogens is 1. The topological polar surface area (TPSA) is 21.3 Å². The number of para-hydroxylation sites is 4. The third-order valence-electron chi connectivity index (χ3n) is 9.98. The van der Waals surface area contributed by atoms with Gasteiger partial charge in [0.1, 0.15) is 11.2 Å². The number of nitrogens with zero attached hydrogens (tertiary/aromatic N) is 2. The number of benzene rings is 8. The molecule has 10 rings (SSSR count). The molecule has 0 fully saturated rings. The van der Waals surface area contributed by atoms with Gasteiger partial charge in [0.2, 0.25) is 0 Å². The second-order valence-corrected chi connectivity index (χ2v) is 13.0. The Bertz CT molecular complexity index is 2850. The summed E-state index contributed by atoms with van der Waals surface area (Å²) in [4.78, 5) is 2.35. The van der Waals surface area contributed by atoms with Crippen molar-refractivity contribution in [1.82, 2.24) is 4.57 Å². The molecule has 0 bridgehead atoms. The summed E-state index contributed by atoms with van der Waals surface area (Å²) in [5, 5.41) is 4.70. The summed E-state index contributed by atoms with van der Waals surface area (Å²) in [5.74, 6) is 0. The van der Waals surface area contributed by atoms with E-state index < -0.39 is 0 Å². The lowest BCUT2D eigenvalue weighted by Crippen LogP contribution is -2.10. The van der Waals surface area contributed by atoms with Crippen molar-refractivity contribution in [2.24, 2.45) is 0 Å². The number of furan rings is 1. The van der Waals surface area contributed by atoms with Gasteiger partial charge in [-0.1, -0.05) is 127 Å². The number of hydrogen-bond donors (Lipinski definition) is 0. The third kappa shape index (κ3) is 4.90. The molecule has 10 aromatic rings. The maximum Gasteiger partial charge on any atom is 0.135 e. The maximum absolute atomic E-state index is 6.23. The van der Waals surface area contributed by atoms with Gasteiger partial charge in [-0.15, -0.1) is 0 Å². The van der Waals surface area contributed by atoms with Crippen molar-refractivity contribution in [1.29, 1.82) is 0 Å². The van der Waals surface area contributed by atoms with Gasteiger partial charge in [0, 0.05) is 49.9 Å². The smallest absolute Gasteiger partial charge is 0.135 e. The zero-order valence-electron chi connectivity index (χ0n) is 27.8. The van der Waals surface area contributed by atoms with E-state index in [4.69, 9.17) is 4.42 Å². The van der Waals surface area contributed by atoms with E-state index in [0.717, 1.165) is 50.3 Å². The van der Waals surface area contributed by atoms with Crippen LogP contribution in [0.15, 0.2) is 199 Å². The van der Waals surface area contributed by atoms with Crippen molar-refractivity contribution < 1.29 is 4.42 Å². The molecule has 0 saturated carbocycles. The molecule has 0 atom stereocenters. The summed E-state index contributed by atoms with van der Waals surface area (Å²) in [5.41, 5.74) is 13.3. The second-order valence-electron chi connectivity index (χ2n) is 13.0. The van der Waals surface area contributed by atoms with E-state index >= 15 is 0 Å².